The molecule has 0 aliphatic rings. The van der Waals surface area contributed by atoms with Crippen LogP contribution in [0.2, 0.25) is 0 Å². The van der Waals surface area contributed by atoms with Crippen molar-refractivity contribution in [2.75, 3.05) is 0 Å². The van der Waals surface area contributed by atoms with Crippen molar-refractivity contribution in [3.8, 4) is 17.2 Å². The van der Waals surface area contributed by atoms with Crippen molar-refractivity contribution >= 4 is 23.1 Å². The van der Waals surface area contributed by atoms with E-state index >= 15 is 0 Å². The SMILES string of the molecule is Cn1c(=O)c2c(-c3cc(F)ccc3C#N)c(CN)c(/N=C\C(F)(F)F)nc2n(C)c1=O. The van der Waals surface area contributed by atoms with Gasteiger partial charge in [-0.2, -0.15) is 18.4 Å². The fourth-order valence-corrected chi connectivity index (χ4v) is 3.17. The second-order valence-corrected chi connectivity index (χ2v) is 6.50. The number of benzene rings is 1. The molecule has 8 nitrogen and oxygen atoms in total. The van der Waals surface area contributed by atoms with Gasteiger partial charge in [-0.1, -0.05) is 0 Å². The summed E-state index contributed by atoms with van der Waals surface area (Å²) in [6.45, 7) is -0.434. The summed E-state index contributed by atoms with van der Waals surface area (Å²) in [4.78, 5) is 32.6. The first-order valence-electron chi connectivity index (χ1n) is 8.64. The Kier molecular flexibility index (Phi) is 5.47. The summed E-state index contributed by atoms with van der Waals surface area (Å²) in [7, 11) is 2.46. The number of alkyl halides is 3. The molecule has 0 radical (unpaired) electrons. The van der Waals surface area contributed by atoms with E-state index in [1.165, 1.54) is 14.1 Å². The van der Waals surface area contributed by atoms with Gasteiger partial charge in [-0.25, -0.2) is 19.2 Å². The molecule has 12 heteroatoms. The van der Waals surface area contributed by atoms with Crippen LogP contribution in [-0.4, -0.2) is 26.5 Å². The van der Waals surface area contributed by atoms with Gasteiger partial charge in [0.05, 0.1) is 17.0 Å². The van der Waals surface area contributed by atoms with Crippen molar-refractivity contribution in [2.24, 2.45) is 24.8 Å². The van der Waals surface area contributed by atoms with Crippen LogP contribution in [0.5, 0.6) is 0 Å². The lowest BCUT2D eigenvalue weighted by Gasteiger charge is -2.17. The van der Waals surface area contributed by atoms with Gasteiger partial charge in [-0.15, -0.1) is 0 Å². The number of nitriles is 1. The number of hydrogen-bond donors (Lipinski definition) is 1. The van der Waals surface area contributed by atoms with Crippen LogP contribution in [0.25, 0.3) is 22.2 Å². The standard InChI is InChI=1S/C19H14F4N6O2/c1-28-16-14(17(30)29(2)18(28)31)13(11-5-10(20)4-3-9(11)6-24)12(7-25)15(27-16)26-8-19(21,22)23/h3-5,8H,7,25H2,1-2H3/b26-8-. The number of aromatic nitrogens is 3. The van der Waals surface area contributed by atoms with Crippen molar-refractivity contribution in [2.45, 2.75) is 12.7 Å². The highest BCUT2D eigenvalue weighted by Crippen LogP contribution is 2.36. The van der Waals surface area contributed by atoms with Crippen molar-refractivity contribution in [3.05, 3.63) is 56.0 Å². The van der Waals surface area contributed by atoms with E-state index in [1.54, 1.807) is 0 Å². The Morgan fingerprint density at radius 3 is 2.52 bits per heavy atom. The second kappa shape index (κ2) is 7.77. The molecule has 0 amide bonds. The number of nitrogens with two attached hydrogens (primary N) is 1. The lowest BCUT2D eigenvalue weighted by atomic mass is 9.93. The minimum Gasteiger partial charge on any atom is -0.326 e. The predicted octanol–water partition coefficient (Wildman–Crippen LogP) is 2.03. The zero-order chi connectivity index (χ0) is 23.1. The van der Waals surface area contributed by atoms with Crippen LogP contribution in [0.15, 0.2) is 32.8 Å². The number of rotatable bonds is 3. The maximum absolute atomic E-state index is 14.1. The van der Waals surface area contributed by atoms with E-state index < -0.39 is 35.6 Å². The molecule has 0 spiro atoms. The molecule has 2 heterocycles. The van der Waals surface area contributed by atoms with Crippen molar-refractivity contribution < 1.29 is 17.6 Å². The normalized spacial score (nSPS) is 11.9. The van der Waals surface area contributed by atoms with E-state index in [1.807, 2.05) is 6.07 Å². The molecule has 0 saturated heterocycles. The smallest absolute Gasteiger partial charge is 0.326 e. The summed E-state index contributed by atoms with van der Waals surface area (Å²) in [6.07, 6.45) is -5.10. The van der Waals surface area contributed by atoms with Crippen LogP contribution in [0.3, 0.4) is 0 Å². The number of pyridine rings is 1. The minimum absolute atomic E-state index is 0.0646. The van der Waals surface area contributed by atoms with E-state index in [9.17, 15) is 32.4 Å². The van der Waals surface area contributed by atoms with E-state index in [-0.39, 0.29) is 39.5 Å². The van der Waals surface area contributed by atoms with Gasteiger partial charge >= 0.3 is 11.9 Å². The monoisotopic (exact) mass is 434 g/mol. The number of fused-ring (bicyclic) bond motifs is 1. The summed E-state index contributed by atoms with van der Waals surface area (Å²) < 4.78 is 54.0. The molecule has 0 bridgehead atoms. The van der Waals surface area contributed by atoms with Crippen molar-refractivity contribution in [1.82, 2.24) is 14.1 Å². The number of hydrogen-bond acceptors (Lipinski definition) is 6. The Morgan fingerprint density at radius 1 is 1.26 bits per heavy atom. The van der Waals surface area contributed by atoms with E-state index in [0.717, 1.165) is 27.3 Å². The third-order valence-corrected chi connectivity index (χ3v) is 4.58. The molecule has 0 unspecified atom stereocenters. The number of halogens is 4. The molecule has 0 saturated carbocycles. The Bertz CT molecular complexity index is 1400. The third kappa shape index (κ3) is 3.82. The number of nitrogens with zero attached hydrogens (tertiary/aromatic N) is 5. The largest absolute Gasteiger partial charge is 0.426 e. The molecule has 0 aliphatic carbocycles. The average Bonchev–Trinajstić information content (AvgIpc) is 2.72. The van der Waals surface area contributed by atoms with Crippen LogP contribution in [0.1, 0.15) is 11.1 Å². The zero-order valence-corrected chi connectivity index (χ0v) is 16.2. The lowest BCUT2D eigenvalue weighted by molar-refractivity contribution is -0.0535. The molecule has 31 heavy (non-hydrogen) atoms. The van der Waals surface area contributed by atoms with E-state index in [0.29, 0.717) is 0 Å². The summed E-state index contributed by atoms with van der Waals surface area (Å²) in [5.74, 6) is -1.28. The Labute approximate surface area is 171 Å². The van der Waals surface area contributed by atoms with Crippen LogP contribution >= 0.6 is 0 Å². The molecular weight excluding hydrogens is 420 g/mol. The van der Waals surface area contributed by atoms with Crippen molar-refractivity contribution in [3.63, 3.8) is 0 Å². The Morgan fingerprint density at radius 2 is 1.94 bits per heavy atom. The van der Waals surface area contributed by atoms with Crippen LogP contribution in [0.4, 0.5) is 23.4 Å². The minimum atomic E-state index is -4.78. The summed E-state index contributed by atoms with van der Waals surface area (Å²) in [5, 5.41) is 9.26. The van der Waals surface area contributed by atoms with Gasteiger partial charge in [0.2, 0.25) is 0 Å². The molecule has 0 aliphatic heterocycles. The summed E-state index contributed by atoms with van der Waals surface area (Å²) in [5.41, 5.74) is 3.45. The molecule has 160 valence electrons. The van der Waals surface area contributed by atoms with Crippen LogP contribution < -0.4 is 17.0 Å². The van der Waals surface area contributed by atoms with Gasteiger partial charge in [-0.05, 0) is 18.2 Å². The molecule has 0 fully saturated rings. The highest BCUT2D eigenvalue weighted by Gasteiger charge is 2.26. The van der Waals surface area contributed by atoms with Crippen LogP contribution in [0, 0.1) is 17.1 Å². The fourth-order valence-electron chi connectivity index (χ4n) is 3.17. The first-order chi connectivity index (χ1) is 14.5. The summed E-state index contributed by atoms with van der Waals surface area (Å²) in [6, 6.07) is 4.98. The maximum Gasteiger partial charge on any atom is 0.426 e. The molecule has 0 atom stereocenters. The average molecular weight is 434 g/mol. The quantitative estimate of drug-likeness (QED) is 0.500. The van der Waals surface area contributed by atoms with Gasteiger partial charge < -0.3 is 5.73 Å². The van der Waals surface area contributed by atoms with Crippen LogP contribution in [-0.2, 0) is 20.6 Å². The predicted molar refractivity (Wildman–Crippen MR) is 104 cm³/mol. The second-order valence-electron chi connectivity index (χ2n) is 6.50. The topological polar surface area (TPSA) is 119 Å². The number of aryl methyl sites for hydroxylation is 1. The zero-order valence-electron chi connectivity index (χ0n) is 16.2. The van der Waals surface area contributed by atoms with E-state index in [2.05, 4.69) is 9.98 Å². The highest BCUT2D eigenvalue weighted by atomic mass is 19.4. The molecule has 3 aromatic rings. The van der Waals surface area contributed by atoms with Gasteiger partial charge in [0, 0.05) is 37.3 Å². The summed E-state index contributed by atoms with van der Waals surface area (Å²) >= 11 is 0. The van der Waals surface area contributed by atoms with E-state index in [4.69, 9.17) is 5.73 Å². The fraction of sp³-hybridized carbons (Fsp3) is 0.211. The maximum atomic E-state index is 14.1. The molecule has 2 N–H and O–H groups in total. The van der Waals surface area contributed by atoms with Crippen molar-refractivity contribution in [1.29, 1.82) is 5.26 Å². The lowest BCUT2D eigenvalue weighted by Crippen LogP contribution is -2.37. The molecule has 3 rings (SSSR count). The third-order valence-electron chi connectivity index (χ3n) is 4.58. The van der Waals surface area contributed by atoms with Gasteiger partial charge in [0.25, 0.3) is 5.56 Å². The Hall–Kier alpha value is -3.85. The molecular formula is C19H14F4N6O2. The highest BCUT2D eigenvalue weighted by molar-refractivity contribution is 5.98. The first-order valence-corrected chi connectivity index (χ1v) is 8.64. The van der Waals surface area contributed by atoms with Gasteiger partial charge in [0.1, 0.15) is 12.0 Å². The van der Waals surface area contributed by atoms with Gasteiger partial charge in [-0.3, -0.25) is 13.9 Å². The molecule has 2 aromatic heterocycles. The molecule has 1 aromatic carbocycles. The van der Waals surface area contributed by atoms with Gasteiger partial charge in [0.15, 0.2) is 11.5 Å². The Balaban J connectivity index is 2.66. The number of aliphatic imine (C=N–C) groups is 1. The first kappa shape index (κ1) is 21.8.